The molecule has 1 aromatic rings. The molecule has 0 aromatic carbocycles. The highest BCUT2D eigenvalue weighted by Crippen LogP contribution is 2.54. The van der Waals surface area contributed by atoms with Crippen LogP contribution >= 0.6 is 0 Å². The van der Waals surface area contributed by atoms with E-state index < -0.39 is 17.2 Å². The van der Waals surface area contributed by atoms with Gasteiger partial charge in [-0.2, -0.15) is 0 Å². The van der Waals surface area contributed by atoms with Crippen molar-refractivity contribution in [1.82, 2.24) is 9.55 Å². The number of H-pyrrole nitrogens is 1. The number of hydrogen-bond acceptors (Lipinski definition) is 4. The standard InChI is InChI=1S/C13H16N2O4/c1-15-5-10(11(16)14-13(15)18)12(17)19-6-8-4-9(8)7-2-3-7/h5,7-9H,2-4,6H2,1H3,(H,14,16,18)/t8-,9-/m0/s1. The van der Waals surface area contributed by atoms with Gasteiger partial charge in [-0.1, -0.05) is 0 Å². The third-order valence-electron chi connectivity index (χ3n) is 3.96. The van der Waals surface area contributed by atoms with Crippen molar-refractivity contribution in [3.8, 4) is 0 Å². The summed E-state index contributed by atoms with van der Waals surface area (Å²) in [6.07, 6.45) is 4.95. The molecule has 6 nitrogen and oxygen atoms in total. The largest absolute Gasteiger partial charge is 0.462 e. The normalized spacial score (nSPS) is 25.1. The van der Waals surface area contributed by atoms with Gasteiger partial charge >= 0.3 is 11.7 Å². The van der Waals surface area contributed by atoms with Crippen LogP contribution in [-0.4, -0.2) is 22.1 Å². The molecule has 2 aliphatic carbocycles. The van der Waals surface area contributed by atoms with Crippen LogP contribution < -0.4 is 11.2 Å². The lowest BCUT2D eigenvalue weighted by atomic mass is 10.2. The lowest BCUT2D eigenvalue weighted by molar-refractivity contribution is 0.0475. The minimum absolute atomic E-state index is 0.120. The first-order chi connectivity index (χ1) is 9.06. The predicted molar refractivity (Wildman–Crippen MR) is 66.9 cm³/mol. The Bertz CT molecular complexity index is 626. The molecule has 6 heteroatoms. The predicted octanol–water partition coefficient (Wildman–Crippen LogP) is 0.277. The van der Waals surface area contributed by atoms with Gasteiger partial charge in [0.05, 0.1) is 6.61 Å². The molecule has 102 valence electrons. The molecule has 1 N–H and O–H groups in total. The lowest BCUT2D eigenvalue weighted by Crippen LogP contribution is -2.32. The van der Waals surface area contributed by atoms with Gasteiger partial charge in [0.2, 0.25) is 0 Å². The van der Waals surface area contributed by atoms with Crippen molar-refractivity contribution < 1.29 is 9.53 Å². The summed E-state index contributed by atoms with van der Waals surface area (Å²) in [7, 11) is 1.47. The molecule has 0 saturated heterocycles. The molecular formula is C13H16N2O4. The topological polar surface area (TPSA) is 81.2 Å². The fraction of sp³-hybridized carbons (Fsp3) is 0.615. The summed E-state index contributed by atoms with van der Waals surface area (Å²) in [4.78, 5) is 36.6. The van der Waals surface area contributed by atoms with Gasteiger partial charge in [0.15, 0.2) is 0 Å². The van der Waals surface area contributed by atoms with E-state index >= 15 is 0 Å². The van der Waals surface area contributed by atoms with Crippen LogP contribution in [0.5, 0.6) is 0 Å². The summed E-state index contributed by atoms with van der Waals surface area (Å²) in [5.74, 6) is 1.36. The zero-order valence-electron chi connectivity index (χ0n) is 10.7. The number of carbonyl (C=O) groups excluding carboxylic acids is 1. The van der Waals surface area contributed by atoms with Crippen LogP contribution in [0.2, 0.25) is 0 Å². The van der Waals surface area contributed by atoms with Gasteiger partial charge in [0.1, 0.15) is 5.56 Å². The first kappa shape index (κ1) is 12.2. The van der Waals surface area contributed by atoms with Crippen molar-refractivity contribution in [2.75, 3.05) is 6.61 Å². The maximum atomic E-state index is 11.8. The van der Waals surface area contributed by atoms with Gasteiger partial charge in [-0.3, -0.25) is 9.78 Å². The lowest BCUT2D eigenvalue weighted by Gasteiger charge is -2.04. The molecule has 0 bridgehead atoms. The van der Waals surface area contributed by atoms with Crippen molar-refractivity contribution in [3.63, 3.8) is 0 Å². The van der Waals surface area contributed by atoms with Gasteiger partial charge < -0.3 is 9.30 Å². The van der Waals surface area contributed by atoms with E-state index in [1.54, 1.807) is 0 Å². The molecule has 2 fully saturated rings. The van der Waals surface area contributed by atoms with E-state index in [4.69, 9.17) is 4.74 Å². The zero-order chi connectivity index (χ0) is 13.6. The number of aromatic nitrogens is 2. The first-order valence-electron chi connectivity index (χ1n) is 6.53. The SMILES string of the molecule is Cn1cc(C(=O)OC[C@@H]2C[C@H]2C2CC2)c(=O)[nH]c1=O. The van der Waals surface area contributed by atoms with E-state index in [1.165, 1.54) is 26.1 Å². The maximum Gasteiger partial charge on any atom is 0.345 e. The zero-order valence-corrected chi connectivity index (χ0v) is 10.7. The van der Waals surface area contributed by atoms with Gasteiger partial charge in [-0.15, -0.1) is 0 Å². The number of ether oxygens (including phenoxy) is 1. The van der Waals surface area contributed by atoms with E-state index in [-0.39, 0.29) is 5.56 Å². The second-order valence-corrected chi connectivity index (χ2v) is 5.51. The molecule has 0 radical (unpaired) electrons. The van der Waals surface area contributed by atoms with Gasteiger partial charge in [-0.05, 0) is 37.0 Å². The Balaban J connectivity index is 1.62. The second kappa shape index (κ2) is 4.36. The monoisotopic (exact) mass is 264 g/mol. The minimum Gasteiger partial charge on any atom is -0.462 e. The van der Waals surface area contributed by atoms with E-state index in [1.807, 2.05) is 0 Å². The molecule has 1 heterocycles. The molecule has 19 heavy (non-hydrogen) atoms. The van der Waals surface area contributed by atoms with Crippen LogP contribution in [0.4, 0.5) is 0 Å². The van der Waals surface area contributed by atoms with Crippen LogP contribution in [0.1, 0.15) is 29.6 Å². The summed E-state index contributed by atoms with van der Waals surface area (Å²) in [6.45, 7) is 0.377. The molecule has 3 rings (SSSR count). The molecule has 2 aliphatic rings. The summed E-state index contributed by atoms with van der Waals surface area (Å²) in [6, 6.07) is 0. The van der Waals surface area contributed by atoms with Crippen LogP contribution in [-0.2, 0) is 11.8 Å². The Morgan fingerprint density at radius 3 is 2.89 bits per heavy atom. The summed E-state index contributed by atoms with van der Waals surface area (Å²) in [5.41, 5.74) is -1.36. The molecule has 0 spiro atoms. The summed E-state index contributed by atoms with van der Waals surface area (Å²) in [5, 5.41) is 0. The molecule has 0 aliphatic heterocycles. The summed E-state index contributed by atoms with van der Waals surface area (Å²) >= 11 is 0. The van der Waals surface area contributed by atoms with Gasteiger partial charge in [0.25, 0.3) is 5.56 Å². The molecule has 1 aromatic heterocycles. The number of aryl methyl sites for hydroxylation is 1. The van der Waals surface area contributed by atoms with Crippen LogP contribution in [0, 0.1) is 17.8 Å². The Labute approximate surface area is 109 Å². The minimum atomic E-state index is -0.692. The van der Waals surface area contributed by atoms with E-state index in [2.05, 4.69) is 4.98 Å². The van der Waals surface area contributed by atoms with Crippen LogP contribution in [0.25, 0.3) is 0 Å². The van der Waals surface area contributed by atoms with Crippen molar-refractivity contribution in [2.45, 2.75) is 19.3 Å². The average Bonchev–Trinajstić information content (AvgIpc) is 3.23. The fourth-order valence-electron chi connectivity index (χ4n) is 2.53. The molecule has 2 saturated carbocycles. The maximum absolute atomic E-state index is 11.8. The molecule has 0 amide bonds. The number of rotatable bonds is 4. The van der Waals surface area contributed by atoms with E-state index in [9.17, 15) is 14.4 Å². The third kappa shape index (κ3) is 2.47. The Morgan fingerprint density at radius 1 is 1.47 bits per heavy atom. The Morgan fingerprint density at radius 2 is 2.21 bits per heavy atom. The number of nitrogens with zero attached hydrogens (tertiary/aromatic N) is 1. The highest BCUT2D eigenvalue weighted by Gasteiger charge is 2.47. The highest BCUT2D eigenvalue weighted by atomic mass is 16.5. The first-order valence-corrected chi connectivity index (χ1v) is 6.53. The Kier molecular flexibility index (Phi) is 2.80. The van der Waals surface area contributed by atoms with Crippen molar-refractivity contribution in [1.29, 1.82) is 0 Å². The van der Waals surface area contributed by atoms with Gasteiger partial charge in [-0.25, -0.2) is 9.59 Å². The van der Waals surface area contributed by atoms with E-state index in [0.29, 0.717) is 18.4 Å². The number of hydrogen-bond donors (Lipinski definition) is 1. The molecule has 0 unspecified atom stereocenters. The second-order valence-electron chi connectivity index (χ2n) is 5.51. The molecule has 2 atom stereocenters. The number of nitrogens with one attached hydrogen (secondary N) is 1. The van der Waals surface area contributed by atoms with Crippen molar-refractivity contribution >= 4 is 5.97 Å². The average molecular weight is 264 g/mol. The fourth-order valence-corrected chi connectivity index (χ4v) is 2.53. The number of aromatic amines is 1. The smallest absolute Gasteiger partial charge is 0.345 e. The van der Waals surface area contributed by atoms with Crippen LogP contribution in [0.15, 0.2) is 15.8 Å². The van der Waals surface area contributed by atoms with Gasteiger partial charge in [0, 0.05) is 13.2 Å². The van der Waals surface area contributed by atoms with Crippen LogP contribution in [0.3, 0.4) is 0 Å². The Hall–Kier alpha value is -1.85. The molecular weight excluding hydrogens is 248 g/mol. The van der Waals surface area contributed by atoms with Crippen molar-refractivity contribution in [2.24, 2.45) is 24.8 Å². The van der Waals surface area contributed by atoms with Crippen molar-refractivity contribution in [3.05, 3.63) is 32.6 Å². The quantitative estimate of drug-likeness (QED) is 0.792. The third-order valence-corrected chi connectivity index (χ3v) is 3.96. The number of esters is 1. The number of carbonyl (C=O) groups is 1. The summed E-state index contributed by atoms with van der Waals surface area (Å²) < 4.78 is 6.32. The highest BCUT2D eigenvalue weighted by molar-refractivity contribution is 5.88. The van der Waals surface area contributed by atoms with E-state index in [0.717, 1.165) is 16.9 Å².